The van der Waals surface area contributed by atoms with Crippen molar-refractivity contribution in [2.75, 3.05) is 5.32 Å². The van der Waals surface area contributed by atoms with Crippen LogP contribution in [0.4, 0.5) is 5.69 Å². The van der Waals surface area contributed by atoms with Crippen molar-refractivity contribution in [1.29, 1.82) is 0 Å². The Labute approximate surface area is 111 Å². The Morgan fingerprint density at radius 3 is 2.72 bits per heavy atom. The van der Waals surface area contributed by atoms with Gasteiger partial charge >= 0.3 is 0 Å². The van der Waals surface area contributed by atoms with Crippen molar-refractivity contribution in [3.8, 4) is 0 Å². The number of aromatic nitrogens is 1. The summed E-state index contributed by atoms with van der Waals surface area (Å²) in [6.07, 6.45) is 5.12. The van der Waals surface area contributed by atoms with Crippen LogP contribution >= 0.6 is 11.3 Å². The van der Waals surface area contributed by atoms with E-state index in [2.05, 4.69) is 29.4 Å². The molecule has 0 spiro atoms. The molecule has 0 bridgehead atoms. The van der Waals surface area contributed by atoms with Crippen LogP contribution < -0.4 is 5.32 Å². The number of benzene rings is 1. The zero-order chi connectivity index (χ0) is 12.8. The third kappa shape index (κ3) is 3.40. The van der Waals surface area contributed by atoms with Gasteiger partial charge in [0.1, 0.15) is 0 Å². The number of hydrogen-bond acceptors (Lipinski definition) is 3. The highest BCUT2D eigenvalue weighted by Crippen LogP contribution is 2.13. The molecule has 94 valence electrons. The zero-order valence-electron chi connectivity index (χ0n) is 10.3. The van der Waals surface area contributed by atoms with Gasteiger partial charge in [-0.15, -0.1) is 11.3 Å². The van der Waals surface area contributed by atoms with Crippen LogP contribution in [0.15, 0.2) is 35.8 Å². The first-order chi connectivity index (χ1) is 8.79. The van der Waals surface area contributed by atoms with Crippen molar-refractivity contribution >= 4 is 22.9 Å². The predicted molar refractivity (Wildman–Crippen MR) is 75.1 cm³/mol. The zero-order valence-corrected chi connectivity index (χ0v) is 11.2. The molecule has 1 aromatic carbocycles. The summed E-state index contributed by atoms with van der Waals surface area (Å²) in [5.41, 5.74) is 2.12. The fourth-order valence-corrected chi connectivity index (χ4v) is 2.19. The van der Waals surface area contributed by atoms with E-state index < -0.39 is 0 Å². The SMILES string of the molecule is CCCCc1ccc(NC(=O)c2nccs2)cc1. The van der Waals surface area contributed by atoms with Crippen LogP contribution in [0.25, 0.3) is 0 Å². The summed E-state index contributed by atoms with van der Waals surface area (Å²) in [6, 6.07) is 8.01. The molecule has 3 nitrogen and oxygen atoms in total. The van der Waals surface area contributed by atoms with Gasteiger partial charge in [0.25, 0.3) is 5.91 Å². The Bertz CT molecular complexity index is 491. The molecule has 2 rings (SSSR count). The van der Waals surface area contributed by atoms with Crippen LogP contribution in [0, 0.1) is 0 Å². The monoisotopic (exact) mass is 260 g/mol. The van der Waals surface area contributed by atoms with Gasteiger partial charge in [-0.1, -0.05) is 25.5 Å². The maximum Gasteiger partial charge on any atom is 0.284 e. The topological polar surface area (TPSA) is 42.0 Å². The number of nitrogens with zero attached hydrogens (tertiary/aromatic N) is 1. The number of hydrogen-bond donors (Lipinski definition) is 1. The van der Waals surface area contributed by atoms with Gasteiger partial charge in [0.05, 0.1) is 0 Å². The summed E-state index contributed by atoms with van der Waals surface area (Å²) < 4.78 is 0. The minimum atomic E-state index is -0.147. The number of rotatable bonds is 5. The molecule has 0 saturated heterocycles. The molecule has 0 aliphatic rings. The van der Waals surface area contributed by atoms with Crippen LogP contribution in [0.3, 0.4) is 0 Å². The largest absolute Gasteiger partial charge is 0.320 e. The number of carbonyl (C=O) groups is 1. The lowest BCUT2D eigenvalue weighted by molar-refractivity contribution is 0.102. The molecule has 1 aromatic heterocycles. The first-order valence-corrected chi connectivity index (χ1v) is 6.97. The maximum absolute atomic E-state index is 11.8. The molecule has 0 radical (unpaired) electrons. The van der Waals surface area contributed by atoms with E-state index in [1.54, 1.807) is 11.6 Å². The van der Waals surface area contributed by atoms with Gasteiger partial charge in [0.2, 0.25) is 0 Å². The smallest absolute Gasteiger partial charge is 0.284 e. The number of thiazole rings is 1. The standard InChI is InChI=1S/C14H16N2OS/c1-2-3-4-11-5-7-12(8-6-11)16-13(17)14-15-9-10-18-14/h5-10H,2-4H2,1H3,(H,16,17). The van der Waals surface area contributed by atoms with Crippen molar-refractivity contribution in [1.82, 2.24) is 4.98 Å². The fraction of sp³-hybridized carbons (Fsp3) is 0.286. The Kier molecular flexibility index (Phi) is 4.47. The molecule has 4 heteroatoms. The van der Waals surface area contributed by atoms with Crippen LogP contribution in [0.1, 0.15) is 35.1 Å². The van der Waals surface area contributed by atoms with Crippen molar-refractivity contribution in [2.24, 2.45) is 0 Å². The minimum Gasteiger partial charge on any atom is -0.320 e. The molecule has 0 aliphatic carbocycles. The van der Waals surface area contributed by atoms with Gasteiger partial charge in [-0.05, 0) is 30.5 Å². The van der Waals surface area contributed by atoms with Gasteiger partial charge in [-0.3, -0.25) is 4.79 Å². The van der Waals surface area contributed by atoms with Gasteiger partial charge in [-0.2, -0.15) is 0 Å². The van der Waals surface area contributed by atoms with Crippen molar-refractivity contribution in [2.45, 2.75) is 26.2 Å². The van der Waals surface area contributed by atoms with E-state index in [9.17, 15) is 4.79 Å². The van der Waals surface area contributed by atoms with E-state index in [0.29, 0.717) is 5.01 Å². The van der Waals surface area contributed by atoms with Crippen molar-refractivity contribution in [3.63, 3.8) is 0 Å². The van der Waals surface area contributed by atoms with Gasteiger partial charge in [0.15, 0.2) is 5.01 Å². The summed E-state index contributed by atoms with van der Waals surface area (Å²) in [6.45, 7) is 2.18. The average molecular weight is 260 g/mol. The quantitative estimate of drug-likeness (QED) is 0.889. The second-order valence-corrected chi connectivity index (χ2v) is 4.99. The lowest BCUT2D eigenvalue weighted by atomic mass is 10.1. The Morgan fingerprint density at radius 1 is 1.33 bits per heavy atom. The van der Waals surface area contributed by atoms with Gasteiger partial charge < -0.3 is 5.32 Å². The molecule has 1 N–H and O–H groups in total. The second kappa shape index (κ2) is 6.31. The van der Waals surface area contributed by atoms with E-state index in [1.165, 1.54) is 29.7 Å². The molecule has 1 heterocycles. The summed E-state index contributed by atoms with van der Waals surface area (Å²) in [4.78, 5) is 15.7. The van der Waals surface area contributed by atoms with E-state index >= 15 is 0 Å². The third-order valence-electron chi connectivity index (χ3n) is 2.66. The highest BCUT2D eigenvalue weighted by Gasteiger charge is 2.07. The Morgan fingerprint density at radius 2 is 2.11 bits per heavy atom. The van der Waals surface area contributed by atoms with E-state index in [1.807, 2.05) is 12.1 Å². The lowest BCUT2D eigenvalue weighted by Crippen LogP contribution is -2.11. The summed E-state index contributed by atoms with van der Waals surface area (Å²) in [5.74, 6) is -0.147. The number of carbonyl (C=O) groups excluding carboxylic acids is 1. The van der Waals surface area contributed by atoms with E-state index in [-0.39, 0.29) is 5.91 Å². The number of unbranched alkanes of at least 4 members (excludes halogenated alkanes) is 1. The third-order valence-corrected chi connectivity index (χ3v) is 3.43. The lowest BCUT2D eigenvalue weighted by Gasteiger charge is -2.04. The van der Waals surface area contributed by atoms with Crippen LogP contribution in [-0.4, -0.2) is 10.9 Å². The number of nitrogens with one attached hydrogen (secondary N) is 1. The number of aryl methyl sites for hydroxylation is 1. The summed E-state index contributed by atoms with van der Waals surface area (Å²) in [7, 11) is 0. The predicted octanol–water partition coefficient (Wildman–Crippen LogP) is 3.74. The molecule has 2 aromatic rings. The number of anilines is 1. The Hall–Kier alpha value is -1.68. The molecule has 0 aliphatic heterocycles. The maximum atomic E-state index is 11.8. The Balaban J connectivity index is 1.96. The molecule has 18 heavy (non-hydrogen) atoms. The fourth-order valence-electron chi connectivity index (χ4n) is 1.66. The first-order valence-electron chi connectivity index (χ1n) is 6.09. The number of amides is 1. The molecule has 0 saturated carbocycles. The van der Waals surface area contributed by atoms with Crippen LogP contribution in [0.2, 0.25) is 0 Å². The van der Waals surface area contributed by atoms with Crippen LogP contribution in [-0.2, 0) is 6.42 Å². The normalized spacial score (nSPS) is 10.3. The average Bonchev–Trinajstić information content (AvgIpc) is 2.92. The van der Waals surface area contributed by atoms with E-state index in [4.69, 9.17) is 0 Å². The summed E-state index contributed by atoms with van der Waals surface area (Å²) >= 11 is 1.34. The van der Waals surface area contributed by atoms with Crippen molar-refractivity contribution < 1.29 is 4.79 Å². The minimum absolute atomic E-state index is 0.147. The van der Waals surface area contributed by atoms with Gasteiger partial charge in [-0.25, -0.2) is 4.98 Å². The second-order valence-electron chi connectivity index (χ2n) is 4.09. The molecule has 0 atom stereocenters. The molecule has 0 unspecified atom stereocenters. The van der Waals surface area contributed by atoms with Gasteiger partial charge in [0, 0.05) is 17.3 Å². The van der Waals surface area contributed by atoms with E-state index in [0.717, 1.165) is 12.1 Å². The van der Waals surface area contributed by atoms with Crippen molar-refractivity contribution in [3.05, 3.63) is 46.4 Å². The molecule has 1 amide bonds. The first kappa shape index (κ1) is 12.8. The molecule has 0 fully saturated rings. The summed E-state index contributed by atoms with van der Waals surface area (Å²) in [5, 5.41) is 5.12. The molecular formula is C14H16N2OS. The highest BCUT2D eigenvalue weighted by molar-refractivity contribution is 7.11. The van der Waals surface area contributed by atoms with Crippen LogP contribution in [0.5, 0.6) is 0 Å². The highest BCUT2D eigenvalue weighted by atomic mass is 32.1. The molecular weight excluding hydrogens is 244 g/mol.